The van der Waals surface area contributed by atoms with Crippen LogP contribution in [0.5, 0.6) is 0 Å². The minimum absolute atomic E-state index is 0. The molecule has 0 aliphatic carbocycles. The maximum Gasteiger partial charge on any atom is -1.00 e. The minimum atomic E-state index is -2.48. The van der Waals surface area contributed by atoms with Gasteiger partial charge in [-0.2, -0.15) is 0 Å². The Morgan fingerprint density at radius 3 is 0.952 bits per heavy atom. The van der Waals surface area contributed by atoms with Crippen molar-refractivity contribution >= 4 is 38.7 Å². The van der Waals surface area contributed by atoms with Crippen molar-refractivity contribution in [1.29, 1.82) is 0 Å². The summed E-state index contributed by atoms with van der Waals surface area (Å²) in [6, 6.07) is 32.4. The summed E-state index contributed by atoms with van der Waals surface area (Å²) in [4.78, 5) is 0. The summed E-state index contributed by atoms with van der Waals surface area (Å²) in [6.07, 6.45) is 0. The first-order chi connectivity index (χ1) is 9.82. The van der Waals surface area contributed by atoms with Crippen LogP contribution in [-0.4, -0.2) is 11.7 Å². The Morgan fingerprint density at radius 2 is 0.714 bits per heavy atom. The second-order valence-corrected chi connectivity index (χ2v) is 15.8. The molecule has 0 radical (unpaired) electrons. The van der Waals surface area contributed by atoms with Crippen LogP contribution in [0.4, 0.5) is 0 Å². The molecule has 0 unspecified atom stereocenters. The Hall–Kier alpha value is -0.822. The second kappa shape index (κ2) is 7.44. The van der Waals surface area contributed by atoms with Gasteiger partial charge < -0.3 is 17.0 Å². The molecule has 0 aliphatic heterocycles. The van der Waals surface area contributed by atoms with Gasteiger partial charge in [0.2, 0.25) is 0 Å². The van der Waals surface area contributed by atoms with Gasteiger partial charge in [0.05, 0.1) is 0 Å². The SMILES string of the molecule is Br[As+](c1ccccc1)(c1ccccc1)c1ccccc1.[Br-]. The van der Waals surface area contributed by atoms with E-state index < -0.39 is 11.7 Å². The Morgan fingerprint density at radius 1 is 0.476 bits per heavy atom. The maximum absolute atomic E-state index is 4.18. The van der Waals surface area contributed by atoms with E-state index in [2.05, 4.69) is 105 Å². The minimum Gasteiger partial charge on any atom is -1.00 e. The van der Waals surface area contributed by atoms with Crippen LogP contribution in [0.15, 0.2) is 91.0 Å². The number of halogens is 2. The van der Waals surface area contributed by atoms with E-state index >= 15 is 0 Å². The van der Waals surface area contributed by atoms with Gasteiger partial charge in [-0.15, -0.1) is 0 Å². The first-order valence-corrected chi connectivity index (χ1v) is 13.8. The third-order valence-electron chi connectivity index (χ3n) is 3.34. The Kier molecular flexibility index (Phi) is 5.87. The molecular formula is C18H15AsBr2. The molecule has 0 N–H and O–H groups in total. The van der Waals surface area contributed by atoms with Crippen LogP contribution in [0.2, 0.25) is 0 Å². The third kappa shape index (κ3) is 3.34. The van der Waals surface area contributed by atoms with Crippen molar-refractivity contribution < 1.29 is 17.0 Å². The number of hydrogen-bond acceptors (Lipinski definition) is 0. The van der Waals surface area contributed by atoms with Gasteiger partial charge in [0.15, 0.2) is 0 Å². The van der Waals surface area contributed by atoms with E-state index in [9.17, 15) is 0 Å². The fourth-order valence-electron chi connectivity index (χ4n) is 2.35. The largest absolute Gasteiger partial charge is 1.00 e. The fraction of sp³-hybridized carbons (Fsp3) is 0. The van der Waals surface area contributed by atoms with E-state index in [-0.39, 0.29) is 17.0 Å². The van der Waals surface area contributed by atoms with E-state index in [1.807, 2.05) is 0 Å². The maximum atomic E-state index is 4.18. The molecule has 21 heavy (non-hydrogen) atoms. The molecule has 0 spiro atoms. The van der Waals surface area contributed by atoms with E-state index in [4.69, 9.17) is 0 Å². The van der Waals surface area contributed by atoms with Gasteiger partial charge in [-0.05, 0) is 0 Å². The molecule has 0 fully saturated rings. The smallest absolute Gasteiger partial charge is 1.00 e. The van der Waals surface area contributed by atoms with Gasteiger partial charge in [-0.1, -0.05) is 0 Å². The summed E-state index contributed by atoms with van der Waals surface area (Å²) in [5.41, 5.74) is 0. The first kappa shape index (κ1) is 16.5. The predicted molar refractivity (Wildman–Crippen MR) is 92.9 cm³/mol. The first-order valence-electron chi connectivity index (χ1n) is 6.57. The molecule has 0 aromatic heterocycles. The van der Waals surface area contributed by atoms with Gasteiger partial charge >= 0.3 is 130 Å². The monoisotopic (exact) mass is 464 g/mol. The molecule has 0 saturated carbocycles. The van der Waals surface area contributed by atoms with Crippen LogP contribution in [-0.2, 0) is 0 Å². The molecule has 0 aliphatic rings. The normalized spacial score (nSPS) is 10.7. The van der Waals surface area contributed by atoms with E-state index in [0.717, 1.165) is 0 Å². The summed E-state index contributed by atoms with van der Waals surface area (Å²) >= 11 is 1.70. The van der Waals surface area contributed by atoms with Crippen molar-refractivity contribution in [3.8, 4) is 0 Å². The Balaban J connectivity index is 0.00000161. The van der Waals surface area contributed by atoms with Crippen LogP contribution >= 0.6 is 13.9 Å². The van der Waals surface area contributed by atoms with Crippen molar-refractivity contribution in [3.63, 3.8) is 0 Å². The van der Waals surface area contributed by atoms with Crippen molar-refractivity contribution in [3.05, 3.63) is 91.0 Å². The molecule has 0 nitrogen and oxygen atoms in total. The van der Waals surface area contributed by atoms with Crippen LogP contribution in [0, 0.1) is 0 Å². The van der Waals surface area contributed by atoms with E-state index in [1.54, 1.807) is 0 Å². The van der Waals surface area contributed by atoms with Gasteiger partial charge in [0.25, 0.3) is 0 Å². The summed E-state index contributed by atoms with van der Waals surface area (Å²) in [6.45, 7) is 0. The molecule has 3 heteroatoms. The summed E-state index contributed by atoms with van der Waals surface area (Å²) in [5.74, 6) is 0. The zero-order valence-corrected chi connectivity index (χ0v) is 16.4. The number of rotatable bonds is 3. The van der Waals surface area contributed by atoms with Crippen LogP contribution in [0.25, 0.3) is 0 Å². The fourth-order valence-corrected chi connectivity index (χ4v) is 11.6. The van der Waals surface area contributed by atoms with Gasteiger partial charge in [0.1, 0.15) is 0 Å². The summed E-state index contributed by atoms with van der Waals surface area (Å²) in [7, 11) is 0. The third-order valence-corrected chi connectivity index (χ3v) is 16.1. The number of hydrogen-bond donors (Lipinski definition) is 0. The molecule has 0 saturated heterocycles. The van der Waals surface area contributed by atoms with Crippen molar-refractivity contribution in [2.45, 2.75) is 0 Å². The van der Waals surface area contributed by atoms with Crippen molar-refractivity contribution in [2.24, 2.45) is 0 Å². The Bertz CT molecular complexity index is 573. The average molecular weight is 466 g/mol. The quantitative estimate of drug-likeness (QED) is 0.480. The molecule has 106 valence electrons. The van der Waals surface area contributed by atoms with Crippen LogP contribution in [0.1, 0.15) is 0 Å². The predicted octanol–water partition coefficient (Wildman–Crippen LogP) is 0.0524. The van der Waals surface area contributed by atoms with E-state index in [1.165, 1.54) is 13.1 Å². The Labute approximate surface area is 146 Å². The zero-order valence-electron chi connectivity index (χ0n) is 11.4. The second-order valence-electron chi connectivity index (χ2n) is 4.60. The summed E-state index contributed by atoms with van der Waals surface area (Å²) < 4.78 is 4.22. The molecule has 3 aromatic rings. The zero-order chi connectivity index (χ0) is 13.8. The standard InChI is InChI=1S/C18H15AsBr.BrH/c20-19(16-10-4-1-5-11-16,17-12-6-2-7-13-17)18-14-8-3-9-15-18;/h1-15H;1H/q+1;/p-1. The van der Waals surface area contributed by atoms with Gasteiger partial charge in [-0.25, -0.2) is 0 Å². The molecule has 0 heterocycles. The van der Waals surface area contributed by atoms with Gasteiger partial charge in [0, 0.05) is 0 Å². The molecule has 0 bridgehead atoms. The average Bonchev–Trinajstić information content (AvgIpc) is 2.56. The van der Waals surface area contributed by atoms with Crippen LogP contribution in [0.3, 0.4) is 0 Å². The van der Waals surface area contributed by atoms with Crippen molar-refractivity contribution in [1.82, 2.24) is 0 Å². The molecule has 3 aromatic carbocycles. The summed E-state index contributed by atoms with van der Waals surface area (Å²) in [5, 5.41) is 0. The van der Waals surface area contributed by atoms with Crippen LogP contribution < -0.4 is 30.0 Å². The molecular weight excluding hydrogens is 451 g/mol. The van der Waals surface area contributed by atoms with Crippen molar-refractivity contribution in [2.75, 3.05) is 0 Å². The van der Waals surface area contributed by atoms with E-state index in [0.29, 0.717) is 0 Å². The topological polar surface area (TPSA) is 0 Å². The van der Waals surface area contributed by atoms with Gasteiger partial charge in [-0.3, -0.25) is 0 Å². The molecule has 0 atom stereocenters. The molecule has 0 amide bonds. The number of benzene rings is 3. The molecule has 3 rings (SSSR count).